The molecule has 1 N–H and O–H groups in total. The third-order valence-electron chi connectivity index (χ3n) is 6.24. The molecule has 31 heavy (non-hydrogen) atoms. The lowest BCUT2D eigenvalue weighted by Gasteiger charge is -2.38. The number of hydrogen-bond donors (Lipinski definition) is 1. The summed E-state index contributed by atoms with van der Waals surface area (Å²) in [6.45, 7) is 8.89. The molecule has 0 bridgehead atoms. The summed E-state index contributed by atoms with van der Waals surface area (Å²) in [5, 5.41) is 19.5. The van der Waals surface area contributed by atoms with Crippen LogP contribution in [0, 0.1) is 0 Å². The molecule has 0 saturated heterocycles. The topological polar surface area (TPSA) is 55.6 Å². The first kappa shape index (κ1) is 19.9. The number of nitrogens with one attached hydrogen (secondary N) is 1. The molecule has 1 aliphatic rings. The summed E-state index contributed by atoms with van der Waals surface area (Å²) < 4.78 is 2.10. The third kappa shape index (κ3) is 3.45. The van der Waals surface area contributed by atoms with E-state index in [0.717, 1.165) is 27.8 Å². The number of benzene rings is 2. The SMILES string of the molecule is CC(C)(c1ccccc1)c1nnc(-c2cnn3c2NC(c2ccccc2)CC3(C)C)s1. The second-order valence-corrected chi connectivity index (χ2v) is 10.3. The second kappa shape index (κ2) is 7.31. The Hall–Kier alpha value is -2.99. The van der Waals surface area contributed by atoms with Gasteiger partial charge in [0.1, 0.15) is 10.8 Å². The maximum absolute atomic E-state index is 4.74. The number of anilines is 1. The Balaban J connectivity index is 1.52. The van der Waals surface area contributed by atoms with Crippen molar-refractivity contribution in [2.45, 2.75) is 51.1 Å². The van der Waals surface area contributed by atoms with Crippen LogP contribution in [0.5, 0.6) is 0 Å². The summed E-state index contributed by atoms with van der Waals surface area (Å²) in [5.74, 6) is 1.02. The Morgan fingerprint density at radius 2 is 1.68 bits per heavy atom. The van der Waals surface area contributed by atoms with E-state index in [1.54, 1.807) is 11.3 Å². The fraction of sp³-hybridized carbons (Fsp3) is 0.320. The van der Waals surface area contributed by atoms with Crippen LogP contribution >= 0.6 is 11.3 Å². The highest BCUT2D eigenvalue weighted by Crippen LogP contribution is 2.44. The van der Waals surface area contributed by atoms with Crippen molar-refractivity contribution in [2.75, 3.05) is 5.32 Å². The van der Waals surface area contributed by atoms with Gasteiger partial charge in [0.15, 0.2) is 5.01 Å². The normalized spacial score (nSPS) is 17.7. The second-order valence-electron chi connectivity index (χ2n) is 9.35. The van der Waals surface area contributed by atoms with Gasteiger partial charge in [0, 0.05) is 5.41 Å². The van der Waals surface area contributed by atoms with E-state index in [2.05, 4.69) is 102 Å². The highest BCUT2D eigenvalue weighted by Gasteiger charge is 2.36. The molecule has 0 saturated carbocycles. The number of rotatable bonds is 4. The van der Waals surface area contributed by atoms with Gasteiger partial charge >= 0.3 is 0 Å². The summed E-state index contributed by atoms with van der Waals surface area (Å²) in [6.07, 6.45) is 2.89. The predicted molar refractivity (Wildman–Crippen MR) is 126 cm³/mol. The molecule has 158 valence electrons. The van der Waals surface area contributed by atoms with Crippen LogP contribution in [0.4, 0.5) is 5.82 Å². The summed E-state index contributed by atoms with van der Waals surface area (Å²) in [4.78, 5) is 0. The van der Waals surface area contributed by atoms with Crippen LogP contribution < -0.4 is 5.32 Å². The average molecular weight is 430 g/mol. The first-order chi connectivity index (χ1) is 14.9. The number of hydrogen-bond acceptors (Lipinski definition) is 5. The molecule has 0 spiro atoms. The number of fused-ring (bicyclic) bond motifs is 1. The molecule has 1 atom stereocenters. The molecular formula is C25H27N5S. The monoisotopic (exact) mass is 429 g/mol. The molecule has 0 amide bonds. The maximum Gasteiger partial charge on any atom is 0.153 e. The smallest absolute Gasteiger partial charge is 0.153 e. The molecule has 4 aromatic rings. The van der Waals surface area contributed by atoms with Crippen molar-refractivity contribution >= 4 is 17.2 Å². The Bertz CT molecular complexity index is 1190. The Morgan fingerprint density at radius 1 is 1.00 bits per heavy atom. The van der Waals surface area contributed by atoms with Crippen molar-refractivity contribution in [3.8, 4) is 10.6 Å². The first-order valence-corrected chi connectivity index (χ1v) is 11.5. The molecular weight excluding hydrogens is 402 g/mol. The van der Waals surface area contributed by atoms with Gasteiger partial charge in [-0.3, -0.25) is 0 Å². The van der Waals surface area contributed by atoms with Gasteiger partial charge in [0.2, 0.25) is 0 Å². The zero-order valence-electron chi connectivity index (χ0n) is 18.3. The van der Waals surface area contributed by atoms with Gasteiger partial charge in [-0.25, -0.2) is 4.68 Å². The number of nitrogens with zero attached hydrogens (tertiary/aromatic N) is 4. The minimum absolute atomic E-state index is 0.101. The van der Waals surface area contributed by atoms with E-state index in [0.29, 0.717) is 0 Å². The van der Waals surface area contributed by atoms with Gasteiger partial charge in [-0.15, -0.1) is 10.2 Å². The zero-order valence-corrected chi connectivity index (χ0v) is 19.1. The van der Waals surface area contributed by atoms with E-state index < -0.39 is 0 Å². The molecule has 1 aliphatic heterocycles. The van der Waals surface area contributed by atoms with E-state index >= 15 is 0 Å². The molecule has 1 unspecified atom stereocenters. The average Bonchev–Trinajstić information content (AvgIpc) is 3.42. The fourth-order valence-electron chi connectivity index (χ4n) is 4.35. The zero-order chi connectivity index (χ0) is 21.6. The fourth-order valence-corrected chi connectivity index (χ4v) is 5.33. The van der Waals surface area contributed by atoms with Crippen LogP contribution in [0.25, 0.3) is 10.6 Å². The minimum atomic E-state index is -0.205. The number of aromatic nitrogens is 4. The van der Waals surface area contributed by atoms with Crippen LogP contribution in [0.1, 0.15) is 56.3 Å². The van der Waals surface area contributed by atoms with Gasteiger partial charge in [0.05, 0.1) is 23.3 Å². The molecule has 2 aromatic heterocycles. The molecule has 5 nitrogen and oxygen atoms in total. The standard InChI is InChI=1S/C25H27N5S/c1-24(2)15-20(17-11-7-5-8-12-17)27-21-19(16-26-30(21)24)22-28-29-23(31-22)25(3,4)18-13-9-6-10-14-18/h5-14,16,20,27H,15H2,1-4H3. The van der Waals surface area contributed by atoms with Crippen molar-refractivity contribution in [3.05, 3.63) is 83.0 Å². The molecule has 2 aromatic carbocycles. The lowest BCUT2D eigenvalue weighted by molar-refractivity contribution is 0.263. The summed E-state index contributed by atoms with van der Waals surface area (Å²) >= 11 is 1.65. The van der Waals surface area contributed by atoms with Gasteiger partial charge in [-0.05, 0) is 45.2 Å². The quantitative estimate of drug-likeness (QED) is 0.431. The Labute approximate surface area is 187 Å². The summed E-state index contributed by atoms with van der Waals surface area (Å²) in [5.41, 5.74) is 3.23. The minimum Gasteiger partial charge on any atom is -0.363 e. The maximum atomic E-state index is 4.74. The van der Waals surface area contributed by atoms with Crippen molar-refractivity contribution in [1.29, 1.82) is 0 Å². The Kier molecular flexibility index (Phi) is 4.70. The van der Waals surface area contributed by atoms with Crippen LogP contribution in [-0.2, 0) is 11.0 Å². The van der Waals surface area contributed by atoms with Crippen LogP contribution in [0.3, 0.4) is 0 Å². The van der Waals surface area contributed by atoms with E-state index in [4.69, 9.17) is 5.10 Å². The van der Waals surface area contributed by atoms with Gasteiger partial charge in [-0.1, -0.05) is 72.0 Å². The van der Waals surface area contributed by atoms with E-state index in [-0.39, 0.29) is 17.0 Å². The molecule has 5 rings (SSSR count). The summed E-state index contributed by atoms with van der Waals surface area (Å²) in [6, 6.07) is 21.3. The highest BCUT2D eigenvalue weighted by molar-refractivity contribution is 7.14. The lowest BCUT2D eigenvalue weighted by atomic mass is 9.85. The van der Waals surface area contributed by atoms with Crippen molar-refractivity contribution in [3.63, 3.8) is 0 Å². The molecule has 0 radical (unpaired) electrons. The third-order valence-corrected chi connectivity index (χ3v) is 7.52. The van der Waals surface area contributed by atoms with Gasteiger partial charge in [-0.2, -0.15) is 5.10 Å². The van der Waals surface area contributed by atoms with E-state index in [1.807, 2.05) is 12.3 Å². The molecule has 3 heterocycles. The van der Waals surface area contributed by atoms with Crippen molar-refractivity contribution in [2.24, 2.45) is 0 Å². The van der Waals surface area contributed by atoms with E-state index in [9.17, 15) is 0 Å². The highest BCUT2D eigenvalue weighted by atomic mass is 32.1. The predicted octanol–water partition coefficient (Wildman–Crippen LogP) is 6.02. The lowest BCUT2D eigenvalue weighted by Crippen LogP contribution is -2.37. The Morgan fingerprint density at radius 3 is 2.39 bits per heavy atom. The van der Waals surface area contributed by atoms with E-state index in [1.165, 1.54) is 11.1 Å². The molecule has 6 heteroatoms. The van der Waals surface area contributed by atoms with Crippen LogP contribution in [0.15, 0.2) is 66.9 Å². The molecule has 0 fully saturated rings. The largest absolute Gasteiger partial charge is 0.363 e. The van der Waals surface area contributed by atoms with Gasteiger partial charge < -0.3 is 5.32 Å². The van der Waals surface area contributed by atoms with Crippen LogP contribution in [0.2, 0.25) is 0 Å². The first-order valence-electron chi connectivity index (χ1n) is 10.7. The van der Waals surface area contributed by atoms with Crippen molar-refractivity contribution < 1.29 is 0 Å². The van der Waals surface area contributed by atoms with Gasteiger partial charge in [0.25, 0.3) is 0 Å². The summed E-state index contributed by atoms with van der Waals surface area (Å²) in [7, 11) is 0. The van der Waals surface area contributed by atoms with Crippen molar-refractivity contribution in [1.82, 2.24) is 20.0 Å². The molecule has 0 aliphatic carbocycles. The van der Waals surface area contributed by atoms with Crippen LogP contribution in [-0.4, -0.2) is 20.0 Å².